The first-order valence-corrected chi connectivity index (χ1v) is 8.69. The van der Waals surface area contributed by atoms with E-state index in [9.17, 15) is 14.0 Å². The highest BCUT2D eigenvalue weighted by Crippen LogP contribution is 2.37. The Bertz CT molecular complexity index is 614. The third-order valence-electron chi connectivity index (χ3n) is 4.59. The van der Waals surface area contributed by atoms with Gasteiger partial charge < -0.3 is 20.1 Å². The van der Waals surface area contributed by atoms with Gasteiger partial charge in [-0.25, -0.2) is 4.39 Å². The van der Waals surface area contributed by atoms with Crippen molar-refractivity contribution < 1.29 is 23.5 Å². The summed E-state index contributed by atoms with van der Waals surface area (Å²) in [5.74, 6) is -2.27. The summed E-state index contributed by atoms with van der Waals surface area (Å²) in [6, 6.07) is 5.72. The first-order valence-electron chi connectivity index (χ1n) is 8.69. The van der Waals surface area contributed by atoms with Crippen molar-refractivity contribution in [3.8, 4) is 0 Å². The van der Waals surface area contributed by atoms with E-state index in [1.54, 1.807) is 12.1 Å². The molecule has 1 aliphatic carbocycles. The van der Waals surface area contributed by atoms with Crippen LogP contribution in [-0.4, -0.2) is 36.9 Å². The van der Waals surface area contributed by atoms with Gasteiger partial charge >= 0.3 is 11.8 Å². The van der Waals surface area contributed by atoms with Crippen LogP contribution in [0.5, 0.6) is 0 Å². The van der Waals surface area contributed by atoms with Crippen molar-refractivity contribution in [3.63, 3.8) is 0 Å². The first-order chi connectivity index (χ1) is 12.1. The molecule has 7 heteroatoms. The van der Waals surface area contributed by atoms with Gasteiger partial charge in [-0.2, -0.15) is 0 Å². The van der Waals surface area contributed by atoms with Crippen LogP contribution in [-0.2, 0) is 25.6 Å². The van der Waals surface area contributed by atoms with Crippen molar-refractivity contribution in [2.75, 3.05) is 13.2 Å². The van der Waals surface area contributed by atoms with Gasteiger partial charge in [-0.1, -0.05) is 18.6 Å². The highest BCUT2D eigenvalue weighted by molar-refractivity contribution is 6.35. The first kappa shape index (κ1) is 17.8. The molecule has 1 aromatic rings. The molecule has 1 unspecified atom stereocenters. The maximum absolute atomic E-state index is 12.8. The number of carbonyl (C=O) groups excluding carboxylic acids is 2. The fraction of sp³-hybridized carbons (Fsp3) is 0.556. The van der Waals surface area contributed by atoms with Crippen LogP contribution in [0.4, 0.5) is 4.39 Å². The third kappa shape index (κ3) is 4.76. The zero-order chi connectivity index (χ0) is 17.7. The highest BCUT2D eigenvalue weighted by atomic mass is 19.1. The zero-order valence-electron chi connectivity index (χ0n) is 14.1. The Balaban J connectivity index is 1.38. The Kier molecular flexibility index (Phi) is 5.65. The molecule has 6 nitrogen and oxygen atoms in total. The topological polar surface area (TPSA) is 76.7 Å². The number of hydrogen-bond acceptors (Lipinski definition) is 4. The van der Waals surface area contributed by atoms with Crippen molar-refractivity contribution in [2.24, 2.45) is 0 Å². The Labute approximate surface area is 146 Å². The van der Waals surface area contributed by atoms with E-state index in [1.165, 1.54) is 18.6 Å². The van der Waals surface area contributed by atoms with Gasteiger partial charge in [0, 0.05) is 25.9 Å². The molecule has 1 saturated carbocycles. The van der Waals surface area contributed by atoms with Crippen LogP contribution in [0.3, 0.4) is 0 Å². The summed E-state index contributed by atoms with van der Waals surface area (Å²) < 4.78 is 24.6. The van der Waals surface area contributed by atoms with Crippen molar-refractivity contribution in [1.82, 2.24) is 10.6 Å². The van der Waals surface area contributed by atoms with Crippen LogP contribution in [0, 0.1) is 5.82 Å². The van der Waals surface area contributed by atoms with Gasteiger partial charge in [-0.3, -0.25) is 9.59 Å². The van der Waals surface area contributed by atoms with Crippen LogP contribution in [0.15, 0.2) is 24.3 Å². The van der Waals surface area contributed by atoms with Crippen LogP contribution in [0.2, 0.25) is 0 Å². The second-order valence-electron chi connectivity index (χ2n) is 6.54. The minimum Gasteiger partial charge on any atom is -0.347 e. The van der Waals surface area contributed by atoms with Crippen molar-refractivity contribution in [2.45, 2.75) is 50.5 Å². The quantitative estimate of drug-likeness (QED) is 0.810. The fourth-order valence-corrected chi connectivity index (χ4v) is 3.22. The second-order valence-corrected chi connectivity index (χ2v) is 6.54. The lowest BCUT2D eigenvalue weighted by Gasteiger charge is -2.31. The van der Waals surface area contributed by atoms with Crippen LogP contribution in [0.1, 0.15) is 37.7 Å². The smallest absolute Gasteiger partial charge is 0.309 e. The highest BCUT2D eigenvalue weighted by Gasteiger charge is 2.42. The number of benzene rings is 1. The number of carbonyl (C=O) groups is 2. The molecule has 0 radical (unpaired) electrons. The monoisotopic (exact) mass is 350 g/mol. The van der Waals surface area contributed by atoms with E-state index in [2.05, 4.69) is 10.6 Å². The van der Waals surface area contributed by atoms with Crippen molar-refractivity contribution >= 4 is 11.8 Å². The lowest BCUT2D eigenvalue weighted by molar-refractivity contribution is -0.186. The zero-order valence-corrected chi connectivity index (χ0v) is 14.1. The number of halogens is 1. The number of nitrogens with one attached hydrogen (secondary N) is 2. The molecular weight excluding hydrogens is 327 g/mol. The van der Waals surface area contributed by atoms with Gasteiger partial charge in [-0.15, -0.1) is 0 Å². The molecule has 0 aromatic heterocycles. The Hall–Kier alpha value is -1.99. The van der Waals surface area contributed by atoms with E-state index in [1.807, 2.05) is 0 Å². The summed E-state index contributed by atoms with van der Waals surface area (Å²) in [6.45, 7) is 0.834. The molecule has 1 aromatic carbocycles. The van der Waals surface area contributed by atoms with Gasteiger partial charge in [0.2, 0.25) is 0 Å². The Morgan fingerprint density at radius 2 is 1.76 bits per heavy atom. The summed E-state index contributed by atoms with van der Waals surface area (Å²) in [4.78, 5) is 23.7. The maximum atomic E-state index is 12.8. The van der Waals surface area contributed by atoms with E-state index < -0.39 is 17.6 Å². The van der Waals surface area contributed by atoms with Gasteiger partial charge in [0.05, 0.1) is 6.61 Å². The fourth-order valence-electron chi connectivity index (χ4n) is 3.22. The normalized spacial score (nSPS) is 21.9. The van der Waals surface area contributed by atoms with Gasteiger partial charge in [-0.05, 0) is 30.5 Å². The molecule has 2 N–H and O–H groups in total. The average molecular weight is 350 g/mol. The summed E-state index contributed by atoms with van der Waals surface area (Å²) in [6.07, 6.45) is 4.91. The van der Waals surface area contributed by atoms with Crippen LogP contribution in [0.25, 0.3) is 0 Å². The largest absolute Gasteiger partial charge is 0.347 e. The number of rotatable bonds is 4. The van der Waals surface area contributed by atoms with E-state index in [0.29, 0.717) is 12.2 Å². The Morgan fingerprint density at radius 1 is 1.08 bits per heavy atom. The molecule has 1 heterocycles. The molecule has 1 atom stereocenters. The van der Waals surface area contributed by atoms with E-state index in [0.717, 1.165) is 25.7 Å². The van der Waals surface area contributed by atoms with Gasteiger partial charge in [0.15, 0.2) is 5.79 Å². The molecule has 2 fully saturated rings. The molecular formula is C18H23FN2O4. The minimum atomic E-state index is -0.726. The summed E-state index contributed by atoms with van der Waals surface area (Å²) in [5, 5.41) is 5.08. The van der Waals surface area contributed by atoms with E-state index >= 15 is 0 Å². The standard InChI is InChI=1S/C18H23FN2O4/c19-14-6-4-13(5-7-14)10-20-16(22)17(23)21-11-15-12-24-18(25-15)8-2-1-3-9-18/h4-7,15H,1-3,8-12H2,(H,20,22)(H,21,23). The van der Waals surface area contributed by atoms with Gasteiger partial charge in [0.1, 0.15) is 11.9 Å². The molecule has 2 amide bonds. The molecule has 3 rings (SSSR count). The molecule has 136 valence electrons. The van der Waals surface area contributed by atoms with Crippen LogP contribution < -0.4 is 10.6 Å². The third-order valence-corrected chi connectivity index (χ3v) is 4.59. The lowest BCUT2D eigenvalue weighted by Crippen LogP contribution is -2.43. The lowest BCUT2D eigenvalue weighted by atomic mass is 9.94. The minimum absolute atomic E-state index is 0.165. The Morgan fingerprint density at radius 3 is 2.48 bits per heavy atom. The summed E-state index contributed by atoms with van der Waals surface area (Å²) in [5.41, 5.74) is 0.717. The molecule has 2 aliphatic rings. The number of ether oxygens (including phenoxy) is 2. The molecule has 1 aliphatic heterocycles. The van der Waals surface area contributed by atoms with E-state index in [4.69, 9.17) is 9.47 Å². The summed E-state index contributed by atoms with van der Waals surface area (Å²) >= 11 is 0. The number of amides is 2. The van der Waals surface area contributed by atoms with Gasteiger partial charge in [0.25, 0.3) is 0 Å². The SMILES string of the molecule is O=C(NCc1ccc(F)cc1)C(=O)NCC1COC2(CCCCC2)O1. The predicted octanol–water partition coefficient (Wildman–Crippen LogP) is 1.63. The summed E-state index contributed by atoms with van der Waals surface area (Å²) in [7, 11) is 0. The number of hydrogen-bond donors (Lipinski definition) is 2. The predicted molar refractivity (Wildman–Crippen MR) is 87.9 cm³/mol. The average Bonchev–Trinajstić information content (AvgIpc) is 3.02. The molecule has 1 spiro atoms. The van der Waals surface area contributed by atoms with E-state index in [-0.39, 0.29) is 25.0 Å². The van der Waals surface area contributed by atoms with Crippen molar-refractivity contribution in [3.05, 3.63) is 35.6 Å². The maximum Gasteiger partial charge on any atom is 0.309 e. The second kappa shape index (κ2) is 7.93. The van der Waals surface area contributed by atoms with Crippen LogP contribution >= 0.6 is 0 Å². The molecule has 0 bridgehead atoms. The molecule has 1 saturated heterocycles. The molecule has 25 heavy (non-hydrogen) atoms. The van der Waals surface area contributed by atoms with Crippen molar-refractivity contribution in [1.29, 1.82) is 0 Å².